The summed E-state index contributed by atoms with van der Waals surface area (Å²) in [6, 6.07) is 9.33. The first kappa shape index (κ1) is 14.1. The molecule has 0 fully saturated rings. The molecule has 1 atom stereocenters. The molecule has 1 aliphatic heterocycles. The van der Waals surface area contributed by atoms with Gasteiger partial charge in [-0.1, -0.05) is 43.6 Å². The number of hydrogen-bond acceptors (Lipinski definition) is 3. The van der Waals surface area contributed by atoms with Gasteiger partial charge in [-0.15, -0.1) is 0 Å². The van der Waals surface area contributed by atoms with Crippen LogP contribution in [0.2, 0.25) is 5.15 Å². The van der Waals surface area contributed by atoms with Crippen molar-refractivity contribution in [2.45, 2.75) is 38.8 Å². The molecule has 1 unspecified atom stereocenters. The summed E-state index contributed by atoms with van der Waals surface area (Å²) >= 11 is 5.90. The normalized spacial score (nSPS) is 16.9. The fraction of sp³-hybridized carbons (Fsp3) is 0.375. The summed E-state index contributed by atoms with van der Waals surface area (Å²) < 4.78 is 7.58. The summed E-state index contributed by atoms with van der Waals surface area (Å²) in [5.41, 5.74) is 1.06. The van der Waals surface area contributed by atoms with Crippen molar-refractivity contribution in [2.24, 2.45) is 0 Å². The first-order valence-electron chi connectivity index (χ1n) is 7.06. The Morgan fingerprint density at radius 3 is 2.90 bits per heavy atom. The SMILES string of the molecule is CC(C)c1nc(Cl)cc(=O)n1CC1Cc2ccccc2O1. The minimum Gasteiger partial charge on any atom is -0.488 e. The van der Waals surface area contributed by atoms with Crippen molar-refractivity contribution in [2.75, 3.05) is 0 Å². The first-order chi connectivity index (χ1) is 10.0. The van der Waals surface area contributed by atoms with Crippen LogP contribution < -0.4 is 10.3 Å². The number of rotatable bonds is 3. The molecular formula is C16H17ClN2O2. The van der Waals surface area contributed by atoms with Gasteiger partial charge < -0.3 is 4.74 Å². The van der Waals surface area contributed by atoms with Gasteiger partial charge in [-0.3, -0.25) is 9.36 Å². The van der Waals surface area contributed by atoms with Crippen molar-refractivity contribution in [1.82, 2.24) is 9.55 Å². The lowest BCUT2D eigenvalue weighted by atomic mass is 10.1. The van der Waals surface area contributed by atoms with E-state index in [4.69, 9.17) is 16.3 Å². The van der Waals surface area contributed by atoms with Gasteiger partial charge in [0.15, 0.2) is 0 Å². The molecule has 110 valence electrons. The van der Waals surface area contributed by atoms with E-state index < -0.39 is 0 Å². The van der Waals surface area contributed by atoms with Crippen LogP contribution in [0, 0.1) is 0 Å². The molecule has 2 heterocycles. The lowest BCUT2D eigenvalue weighted by Gasteiger charge is -2.18. The highest BCUT2D eigenvalue weighted by Gasteiger charge is 2.24. The number of hydrogen-bond donors (Lipinski definition) is 0. The Morgan fingerprint density at radius 2 is 2.19 bits per heavy atom. The number of halogens is 1. The molecule has 0 aliphatic carbocycles. The summed E-state index contributed by atoms with van der Waals surface area (Å²) in [6.07, 6.45) is 0.767. The highest BCUT2D eigenvalue weighted by Crippen LogP contribution is 2.29. The molecule has 1 aromatic heterocycles. The van der Waals surface area contributed by atoms with Crippen molar-refractivity contribution < 1.29 is 4.74 Å². The van der Waals surface area contributed by atoms with Gasteiger partial charge in [0.05, 0.1) is 6.54 Å². The Balaban J connectivity index is 1.89. The van der Waals surface area contributed by atoms with E-state index in [2.05, 4.69) is 11.1 Å². The zero-order chi connectivity index (χ0) is 15.0. The Bertz CT molecular complexity index is 699. The maximum Gasteiger partial charge on any atom is 0.255 e. The summed E-state index contributed by atoms with van der Waals surface area (Å²) in [7, 11) is 0. The lowest BCUT2D eigenvalue weighted by molar-refractivity contribution is 0.204. The molecular weight excluding hydrogens is 288 g/mol. The fourth-order valence-electron chi connectivity index (χ4n) is 2.68. The standard InChI is InChI=1S/C16H17ClN2O2/c1-10(2)16-18-14(17)8-15(20)19(16)9-12-7-11-5-3-4-6-13(11)21-12/h3-6,8,10,12H,7,9H2,1-2H3. The molecule has 0 bridgehead atoms. The van der Waals surface area contributed by atoms with Crippen LogP contribution in [0.5, 0.6) is 5.75 Å². The van der Waals surface area contributed by atoms with E-state index in [1.54, 1.807) is 4.57 Å². The molecule has 0 radical (unpaired) electrons. The van der Waals surface area contributed by atoms with Gasteiger partial charge in [0.25, 0.3) is 5.56 Å². The molecule has 4 nitrogen and oxygen atoms in total. The predicted octanol–water partition coefficient (Wildman–Crippen LogP) is 3.02. The summed E-state index contributed by atoms with van der Waals surface area (Å²) in [5.74, 6) is 1.73. The number of benzene rings is 1. The number of ether oxygens (including phenoxy) is 1. The second-order valence-corrected chi connectivity index (χ2v) is 5.98. The van der Waals surface area contributed by atoms with Crippen molar-refractivity contribution >= 4 is 11.6 Å². The molecule has 1 aliphatic rings. The van der Waals surface area contributed by atoms with Crippen molar-refractivity contribution in [1.29, 1.82) is 0 Å². The first-order valence-corrected chi connectivity index (χ1v) is 7.44. The van der Waals surface area contributed by atoms with Crippen LogP contribution in [0.1, 0.15) is 31.2 Å². The quantitative estimate of drug-likeness (QED) is 0.819. The fourth-order valence-corrected chi connectivity index (χ4v) is 2.86. The second kappa shape index (κ2) is 5.53. The van der Waals surface area contributed by atoms with Crippen molar-refractivity contribution in [3.63, 3.8) is 0 Å². The maximum absolute atomic E-state index is 12.2. The summed E-state index contributed by atoms with van der Waals surface area (Å²) in [4.78, 5) is 16.5. The monoisotopic (exact) mass is 304 g/mol. The number of para-hydroxylation sites is 1. The molecule has 5 heteroatoms. The average Bonchev–Trinajstić information content (AvgIpc) is 2.83. The van der Waals surface area contributed by atoms with Gasteiger partial charge in [0, 0.05) is 18.4 Å². The third kappa shape index (κ3) is 2.81. The van der Waals surface area contributed by atoms with Crippen molar-refractivity contribution in [3.8, 4) is 5.75 Å². The van der Waals surface area contributed by atoms with Crippen LogP contribution in [0.3, 0.4) is 0 Å². The third-order valence-electron chi connectivity index (χ3n) is 3.62. The van der Waals surface area contributed by atoms with Crippen LogP contribution in [-0.2, 0) is 13.0 Å². The van der Waals surface area contributed by atoms with Crippen LogP contribution in [0.25, 0.3) is 0 Å². The molecule has 1 aromatic carbocycles. The van der Waals surface area contributed by atoms with Gasteiger partial charge >= 0.3 is 0 Å². The van der Waals surface area contributed by atoms with Crippen LogP contribution in [-0.4, -0.2) is 15.7 Å². The van der Waals surface area contributed by atoms with Gasteiger partial charge in [-0.05, 0) is 11.6 Å². The Labute approximate surface area is 128 Å². The second-order valence-electron chi connectivity index (χ2n) is 5.59. The largest absolute Gasteiger partial charge is 0.488 e. The molecule has 0 N–H and O–H groups in total. The van der Waals surface area contributed by atoms with Crippen LogP contribution in [0.4, 0.5) is 0 Å². The van der Waals surface area contributed by atoms with E-state index >= 15 is 0 Å². The minimum atomic E-state index is -0.127. The third-order valence-corrected chi connectivity index (χ3v) is 3.82. The topological polar surface area (TPSA) is 44.1 Å². The van der Waals surface area contributed by atoms with Gasteiger partial charge in [-0.25, -0.2) is 4.98 Å². The molecule has 0 spiro atoms. The number of nitrogens with zero attached hydrogens (tertiary/aromatic N) is 2. The Morgan fingerprint density at radius 1 is 1.43 bits per heavy atom. The minimum absolute atomic E-state index is 0.0411. The zero-order valence-corrected chi connectivity index (χ0v) is 12.8. The van der Waals surface area contributed by atoms with E-state index in [1.165, 1.54) is 11.6 Å². The van der Waals surface area contributed by atoms with Gasteiger partial charge in [-0.2, -0.15) is 0 Å². The van der Waals surface area contributed by atoms with E-state index in [9.17, 15) is 4.79 Å². The Kier molecular flexibility index (Phi) is 3.72. The van der Waals surface area contributed by atoms with Crippen molar-refractivity contribution in [3.05, 3.63) is 57.2 Å². The predicted molar refractivity (Wildman–Crippen MR) is 82.2 cm³/mol. The number of aromatic nitrogens is 2. The molecule has 2 aromatic rings. The van der Waals surface area contributed by atoms with Gasteiger partial charge in [0.1, 0.15) is 22.8 Å². The van der Waals surface area contributed by atoms with E-state index in [0.29, 0.717) is 12.4 Å². The molecule has 3 rings (SSSR count). The highest BCUT2D eigenvalue weighted by molar-refractivity contribution is 6.29. The van der Waals surface area contributed by atoms with E-state index in [0.717, 1.165) is 12.2 Å². The van der Waals surface area contributed by atoms with E-state index in [-0.39, 0.29) is 22.7 Å². The number of fused-ring (bicyclic) bond motifs is 1. The lowest BCUT2D eigenvalue weighted by Crippen LogP contribution is -2.32. The molecule has 0 saturated carbocycles. The molecule has 21 heavy (non-hydrogen) atoms. The molecule has 0 saturated heterocycles. The molecule has 0 amide bonds. The van der Waals surface area contributed by atoms with E-state index in [1.807, 2.05) is 32.0 Å². The van der Waals surface area contributed by atoms with Gasteiger partial charge in [0.2, 0.25) is 0 Å². The zero-order valence-electron chi connectivity index (χ0n) is 12.0. The van der Waals surface area contributed by atoms with Crippen LogP contribution in [0.15, 0.2) is 35.1 Å². The maximum atomic E-state index is 12.2. The smallest absolute Gasteiger partial charge is 0.255 e. The Hall–Kier alpha value is -1.81. The van der Waals surface area contributed by atoms with Crippen LogP contribution >= 0.6 is 11.6 Å². The highest BCUT2D eigenvalue weighted by atomic mass is 35.5. The summed E-state index contributed by atoms with van der Waals surface area (Å²) in [6.45, 7) is 4.49. The summed E-state index contributed by atoms with van der Waals surface area (Å²) in [5, 5.41) is 0.246. The average molecular weight is 305 g/mol.